The second-order valence-electron chi connectivity index (χ2n) is 24.3. The van der Waals surface area contributed by atoms with Crippen molar-refractivity contribution >= 4 is 149 Å². The Hall–Kier alpha value is -12.1. The molecule has 436 valence electrons. The number of benzene rings is 13. The minimum atomic E-state index is -0.207. The Morgan fingerprint density at radius 3 is 0.989 bits per heavy atom. The standard InChI is InChI=1S/C84H59B2N7/c1-58-30-29-48-73(87-58)68-45-23-26-49-74(68)93-78-57-77-71(56-72(78)86-70-47-25-28-51-76(70)91(64-41-19-7-20-42-64)80-53-67(55-82(93)84(80)86)89(61-35-13-4-14-36-61)62-37-15-5-16-38-62)85-69-46-24-27-50-75(69)90(63-39-17-6-18-40-63)79-52-66(54-81(83(79)85)92(77)65-43-21-8-22-44-65)88(59-31-9-2-10-32-59)60-33-11-3-12-34-60/h2-57H,1H3. The first kappa shape index (κ1) is 53.9. The molecule has 4 aliphatic heterocycles. The quantitative estimate of drug-likeness (QED) is 0.119. The average molecular weight is 1190 g/mol. The molecular formula is C84H59B2N7. The van der Waals surface area contributed by atoms with Crippen LogP contribution in [0, 0.1) is 6.92 Å². The molecule has 1 aromatic heterocycles. The average Bonchev–Trinajstić information content (AvgIpc) is 0.703. The van der Waals surface area contributed by atoms with Crippen LogP contribution in [0.3, 0.4) is 0 Å². The summed E-state index contributed by atoms with van der Waals surface area (Å²) in [6.07, 6.45) is 0. The summed E-state index contributed by atoms with van der Waals surface area (Å²) in [6.45, 7) is 1.69. The van der Waals surface area contributed by atoms with Crippen LogP contribution in [-0.2, 0) is 0 Å². The molecule has 0 saturated heterocycles. The molecular weight excluding hydrogens is 1130 g/mol. The van der Waals surface area contributed by atoms with E-state index in [-0.39, 0.29) is 13.4 Å². The van der Waals surface area contributed by atoms with Crippen molar-refractivity contribution in [2.45, 2.75) is 6.92 Å². The zero-order valence-electron chi connectivity index (χ0n) is 51.1. The molecule has 14 aromatic rings. The van der Waals surface area contributed by atoms with E-state index >= 15 is 0 Å². The third kappa shape index (κ3) is 8.80. The van der Waals surface area contributed by atoms with Crippen LogP contribution >= 0.6 is 0 Å². The van der Waals surface area contributed by atoms with E-state index in [1.165, 1.54) is 32.8 Å². The number of anilines is 18. The van der Waals surface area contributed by atoms with Crippen molar-refractivity contribution in [3.8, 4) is 11.3 Å². The molecule has 7 nitrogen and oxygen atoms in total. The lowest BCUT2D eigenvalue weighted by atomic mass is 9.30. The fraction of sp³-hybridized carbons (Fsp3) is 0.0119. The van der Waals surface area contributed by atoms with E-state index in [2.05, 4.69) is 376 Å². The van der Waals surface area contributed by atoms with Gasteiger partial charge in [0, 0.05) is 96.6 Å². The van der Waals surface area contributed by atoms with Crippen LogP contribution in [0.25, 0.3) is 11.3 Å². The minimum absolute atomic E-state index is 0.187. The largest absolute Gasteiger partial charge is 0.311 e. The van der Waals surface area contributed by atoms with E-state index in [1.54, 1.807) is 0 Å². The van der Waals surface area contributed by atoms with Gasteiger partial charge in [-0.3, -0.25) is 4.98 Å². The van der Waals surface area contributed by atoms with Crippen molar-refractivity contribution in [2.75, 3.05) is 29.4 Å². The number of aromatic nitrogens is 1. The molecule has 0 spiro atoms. The second-order valence-corrected chi connectivity index (χ2v) is 24.3. The Balaban J connectivity index is 0.987. The van der Waals surface area contributed by atoms with Crippen LogP contribution in [0.4, 0.5) is 102 Å². The maximum Gasteiger partial charge on any atom is 0.252 e. The highest BCUT2D eigenvalue weighted by atomic mass is 15.2. The summed E-state index contributed by atoms with van der Waals surface area (Å²) in [6, 6.07) is 125. The number of pyridine rings is 1. The maximum atomic E-state index is 5.32. The van der Waals surface area contributed by atoms with Crippen LogP contribution in [0.1, 0.15) is 5.69 Å². The highest BCUT2D eigenvalue weighted by Crippen LogP contribution is 2.53. The van der Waals surface area contributed by atoms with Crippen molar-refractivity contribution < 1.29 is 0 Å². The minimum Gasteiger partial charge on any atom is -0.311 e. The normalized spacial score (nSPS) is 12.9. The fourth-order valence-electron chi connectivity index (χ4n) is 15.2. The molecule has 0 amide bonds. The number of para-hydroxylation sites is 10. The number of rotatable bonds is 11. The van der Waals surface area contributed by atoms with Gasteiger partial charge in [-0.25, -0.2) is 0 Å². The summed E-state index contributed by atoms with van der Waals surface area (Å²) < 4.78 is 0. The van der Waals surface area contributed by atoms with Crippen LogP contribution in [-0.4, -0.2) is 18.4 Å². The molecule has 0 fully saturated rings. The van der Waals surface area contributed by atoms with Gasteiger partial charge < -0.3 is 29.4 Å². The Morgan fingerprint density at radius 2 is 0.581 bits per heavy atom. The number of nitrogens with zero attached hydrogens (tertiary/aromatic N) is 7. The molecule has 0 aliphatic carbocycles. The van der Waals surface area contributed by atoms with Gasteiger partial charge in [-0.15, -0.1) is 0 Å². The van der Waals surface area contributed by atoms with Crippen molar-refractivity contribution in [3.63, 3.8) is 0 Å². The number of hydrogen-bond acceptors (Lipinski definition) is 7. The van der Waals surface area contributed by atoms with E-state index in [9.17, 15) is 0 Å². The summed E-state index contributed by atoms with van der Waals surface area (Å²) in [5, 5.41) is 0. The molecule has 13 aromatic carbocycles. The van der Waals surface area contributed by atoms with Crippen LogP contribution in [0.2, 0.25) is 0 Å². The Morgan fingerprint density at radius 1 is 0.247 bits per heavy atom. The smallest absolute Gasteiger partial charge is 0.252 e. The van der Waals surface area contributed by atoms with E-state index < -0.39 is 0 Å². The van der Waals surface area contributed by atoms with Gasteiger partial charge in [-0.2, -0.15) is 0 Å². The van der Waals surface area contributed by atoms with E-state index in [1.807, 2.05) is 0 Å². The van der Waals surface area contributed by atoms with Gasteiger partial charge >= 0.3 is 0 Å². The first-order valence-corrected chi connectivity index (χ1v) is 32.0. The Bertz CT molecular complexity index is 5080. The SMILES string of the molecule is Cc1cccc(-c2ccccc2N2c3cc4c(cc3B3c5ccccc5N(c5ccccc5)c5cc(N(c6ccccc6)c6ccccc6)cc2c53)B2c3ccccc3N(c3ccccc3)c3cc(N(c5ccccc5)c5ccccc5)cc(c32)N4c2ccccc2)n1. The molecule has 9 heteroatoms. The molecule has 0 bridgehead atoms. The van der Waals surface area contributed by atoms with Crippen LogP contribution < -0.4 is 62.2 Å². The molecule has 0 saturated carbocycles. The molecule has 0 unspecified atom stereocenters. The van der Waals surface area contributed by atoms with Crippen molar-refractivity contribution in [1.82, 2.24) is 4.98 Å². The number of fused-ring (bicyclic) bond motifs is 8. The summed E-state index contributed by atoms with van der Waals surface area (Å²) in [5.41, 5.74) is 29.8. The molecule has 4 aliphatic rings. The topological polar surface area (TPSA) is 32.3 Å². The summed E-state index contributed by atoms with van der Waals surface area (Å²) >= 11 is 0. The van der Waals surface area contributed by atoms with E-state index in [0.29, 0.717) is 0 Å². The lowest BCUT2D eigenvalue weighted by molar-refractivity contribution is 1.19. The van der Waals surface area contributed by atoms with Gasteiger partial charge in [0.2, 0.25) is 0 Å². The fourth-order valence-corrected chi connectivity index (χ4v) is 15.2. The van der Waals surface area contributed by atoms with Crippen LogP contribution in [0.15, 0.2) is 340 Å². The van der Waals surface area contributed by atoms with Gasteiger partial charge in [0.1, 0.15) is 0 Å². The molecule has 5 heterocycles. The zero-order valence-corrected chi connectivity index (χ0v) is 51.1. The van der Waals surface area contributed by atoms with Gasteiger partial charge in [0.15, 0.2) is 0 Å². The van der Waals surface area contributed by atoms with Crippen LogP contribution in [0.5, 0.6) is 0 Å². The zero-order chi connectivity index (χ0) is 61.5. The second kappa shape index (κ2) is 22.2. The van der Waals surface area contributed by atoms with E-state index in [4.69, 9.17) is 4.98 Å². The number of aryl methyl sites for hydroxylation is 1. The van der Waals surface area contributed by atoms with E-state index in [0.717, 1.165) is 119 Å². The van der Waals surface area contributed by atoms with Gasteiger partial charge in [0.25, 0.3) is 13.4 Å². The summed E-state index contributed by atoms with van der Waals surface area (Å²) in [5.74, 6) is 0. The summed E-state index contributed by atoms with van der Waals surface area (Å²) in [4.78, 5) is 20.3. The molecule has 0 atom stereocenters. The lowest BCUT2D eigenvalue weighted by Crippen LogP contribution is -2.65. The van der Waals surface area contributed by atoms with Gasteiger partial charge in [-0.05, 0) is 185 Å². The Kier molecular flexibility index (Phi) is 12.8. The van der Waals surface area contributed by atoms with Gasteiger partial charge in [-0.1, -0.05) is 194 Å². The molecule has 93 heavy (non-hydrogen) atoms. The highest BCUT2D eigenvalue weighted by molar-refractivity contribution is 7.03. The third-order valence-electron chi connectivity index (χ3n) is 19.0. The first-order chi connectivity index (χ1) is 46.1. The molecule has 18 rings (SSSR count). The highest BCUT2D eigenvalue weighted by Gasteiger charge is 2.49. The van der Waals surface area contributed by atoms with Crippen molar-refractivity contribution in [3.05, 3.63) is 345 Å². The lowest BCUT2D eigenvalue weighted by Gasteiger charge is -2.48. The van der Waals surface area contributed by atoms with Crippen molar-refractivity contribution in [1.29, 1.82) is 0 Å². The van der Waals surface area contributed by atoms with Crippen molar-refractivity contribution in [2.24, 2.45) is 0 Å². The third-order valence-corrected chi connectivity index (χ3v) is 19.0. The molecule has 0 N–H and O–H groups in total. The Labute approximate surface area is 543 Å². The maximum absolute atomic E-state index is 5.32. The summed E-state index contributed by atoms with van der Waals surface area (Å²) in [7, 11) is 0. The van der Waals surface area contributed by atoms with Gasteiger partial charge in [0.05, 0.1) is 22.8 Å². The molecule has 0 radical (unpaired) electrons. The first-order valence-electron chi connectivity index (χ1n) is 32.0. The predicted octanol–water partition coefficient (Wildman–Crippen LogP) is 18.2. The number of hydrogen-bond donors (Lipinski definition) is 0. The predicted molar refractivity (Wildman–Crippen MR) is 392 cm³/mol. The monoisotopic (exact) mass is 1190 g/mol.